The van der Waals surface area contributed by atoms with Crippen molar-refractivity contribution in [1.82, 2.24) is 20.3 Å². The Labute approximate surface area is 124 Å². The number of imidazole rings is 1. The molecule has 1 amide bonds. The third-order valence-electron chi connectivity index (χ3n) is 3.18. The molecular formula is C15H21N5O. The first-order valence-corrected chi connectivity index (χ1v) is 7.13. The van der Waals surface area contributed by atoms with Crippen LogP contribution in [0.2, 0.25) is 0 Å². The molecule has 0 aromatic carbocycles. The van der Waals surface area contributed by atoms with Crippen molar-refractivity contribution < 1.29 is 4.79 Å². The Kier molecular flexibility index (Phi) is 4.92. The number of H-pyrrole nitrogens is 1. The quantitative estimate of drug-likeness (QED) is 0.761. The topological polar surface area (TPSA) is 82.7 Å². The third-order valence-corrected chi connectivity index (χ3v) is 3.18. The molecule has 0 fully saturated rings. The number of nitrogens with one attached hydrogen (secondary N) is 3. The van der Waals surface area contributed by atoms with Gasteiger partial charge in [-0.3, -0.25) is 4.79 Å². The summed E-state index contributed by atoms with van der Waals surface area (Å²) in [6, 6.07) is 3.42. The van der Waals surface area contributed by atoms with Crippen molar-refractivity contribution in [3.8, 4) is 0 Å². The largest absolute Gasteiger partial charge is 0.373 e. The Morgan fingerprint density at radius 2 is 2.24 bits per heavy atom. The van der Waals surface area contributed by atoms with Gasteiger partial charge >= 0.3 is 0 Å². The molecule has 6 heteroatoms. The van der Waals surface area contributed by atoms with Crippen molar-refractivity contribution in [2.75, 3.05) is 12.4 Å². The summed E-state index contributed by atoms with van der Waals surface area (Å²) in [6.07, 6.45) is 5.25. The van der Waals surface area contributed by atoms with Crippen LogP contribution in [0.15, 0.2) is 24.5 Å². The van der Waals surface area contributed by atoms with E-state index in [0.717, 1.165) is 24.4 Å². The molecule has 3 N–H and O–H groups in total. The van der Waals surface area contributed by atoms with E-state index in [-0.39, 0.29) is 11.9 Å². The van der Waals surface area contributed by atoms with Gasteiger partial charge in [-0.1, -0.05) is 13.3 Å². The van der Waals surface area contributed by atoms with Crippen LogP contribution in [-0.2, 0) is 6.42 Å². The molecular weight excluding hydrogens is 266 g/mol. The summed E-state index contributed by atoms with van der Waals surface area (Å²) in [5.74, 6) is 1.31. The van der Waals surface area contributed by atoms with Gasteiger partial charge in [0.15, 0.2) is 0 Å². The van der Waals surface area contributed by atoms with Crippen LogP contribution in [0, 0.1) is 0 Å². The van der Waals surface area contributed by atoms with Gasteiger partial charge < -0.3 is 15.6 Å². The van der Waals surface area contributed by atoms with E-state index < -0.39 is 0 Å². The van der Waals surface area contributed by atoms with E-state index in [4.69, 9.17) is 0 Å². The predicted octanol–water partition coefficient (Wildman–Crippen LogP) is 2.29. The van der Waals surface area contributed by atoms with Crippen molar-refractivity contribution in [2.24, 2.45) is 0 Å². The number of aromatic amines is 1. The molecule has 2 rings (SSSR count). The number of pyridine rings is 1. The van der Waals surface area contributed by atoms with Crippen LogP contribution in [0.3, 0.4) is 0 Å². The highest BCUT2D eigenvalue weighted by molar-refractivity contribution is 5.95. The lowest BCUT2D eigenvalue weighted by molar-refractivity contribution is 0.0938. The third kappa shape index (κ3) is 3.81. The van der Waals surface area contributed by atoms with Crippen LogP contribution in [0.1, 0.15) is 48.2 Å². The van der Waals surface area contributed by atoms with E-state index in [2.05, 4.69) is 32.5 Å². The minimum Gasteiger partial charge on any atom is -0.373 e. The van der Waals surface area contributed by atoms with Crippen LogP contribution >= 0.6 is 0 Å². The molecule has 0 aliphatic rings. The molecule has 1 atom stereocenters. The van der Waals surface area contributed by atoms with Gasteiger partial charge in [-0.05, 0) is 25.5 Å². The van der Waals surface area contributed by atoms with E-state index in [0.29, 0.717) is 11.4 Å². The molecule has 0 aliphatic carbocycles. The smallest absolute Gasteiger partial charge is 0.252 e. The average molecular weight is 287 g/mol. The molecule has 6 nitrogen and oxygen atoms in total. The number of rotatable bonds is 6. The summed E-state index contributed by atoms with van der Waals surface area (Å²) in [7, 11) is 1.80. The van der Waals surface area contributed by atoms with Gasteiger partial charge in [-0.2, -0.15) is 0 Å². The van der Waals surface area contributed by atoms with Crippen LogP contribution in [0.5, 0.6) is 0 Å². The van der Waals surface area contributed by atoms with Crippen LogP contribution in [0.25, 0.3) is 0 Å². The maximum absolute atomic E-state index is 12.4. The molecule has 0 spiro atoms. The second kappa shape index (κ2) is 6.88. The highest BCUT2D eigenvalue weighted by Crippen LogP contribution is 2.13. The second-order valence-corrected chi connectivity index (χ2v) is 4.90. The lowest BCUT2D eigenvalue weighted by Crippen LogP contribution is -2.27. The van der Waals surface area contributed by atoms with Crippen molar-refractivity contribution in [3.63, 3.8) is 0 Å². The fourth-order valence-corrected chi connectivity index (χ4v) is 2.09. The lowest BCUT2D eigenvalue weighted by Gasteiger charge is -2.13. The number of aryl methyl sites for hydroxylation is 1. The normalized spacial score (nSPS) is 12.0. The molecule has 0 saturated heterocycles. The fraction of sp³-hybridized carbons (Fsp3) is 0.400. The zero-order valence-corrected chi connectivity index (χ0v) is 12.6. The van der Waals surface area contributed by atoms with Crippen molar-refractivity contribution in [1.29, 1.82) is 0 Å². The van der Waals surface area contributed by atoms with Crippen LogP contribution in [-0.4, -0.2) is 27.9 Å². The van der Waals surface area contributed by atoms with E-state index in [9.17, 15) is 4.79 Å². The number of nitrogens with zero attached hydrogens (tertiary/aromatic N) is 2. The second-order valence-electron chi connectivity index (χ2n) is 4.90. The zero-order chi connectivity index (χ0) is 15.2. The van der Waals surface area contributed by atoms with E-state index in [1.54, 1.807) is 25.5 Å². The molecule has 0 bridgehead atoms. The average Bonchev–Trinajstić information content (AvgIpc) is 3.01. The van der Waals surface area contributed by atoms with Gasteiger partial charge in [-0.15, -0.1) is 0 Å². The molecule has 0 saturated carbocycles. The lowest BCUT2D eigenvalue weighted by atomic mass is 10.1. The van der Waals surface area contributed by atoms with E-state index in [1.165, 1.54) is 0 Å². The van der Waals surface area contributed by atoms with Crippen molar-refractivity contribution in [3.05, 3.63) is 41.6 Å². The maximum atomic E-state index is 12.4. The predicted molar refractivity (Wildman–Crippen MR) is 82.2 cm³/mol. The minimum absolute atomic E-state index is 0.129. The van der Waals surface area contributed by atoms with Crippen LogP contribution < -0.4 is 10.6 Å². The number of anilines is 1. The number of carbonyl (C=O) groups excluding carboxylic acids is 1. The van der Waals surface area contributed by atoms with Gasteiger partial charge in [-0.25, -0.2) is 9.97 Å². The van der Waals surface area contributed by atoms with Gasteiger partial charge in [0.1, 0.15) is 11.6 Å². The summed E-state index contributed by atoms with van der Waals surface area (Å²) < 4.78 is 0. The number of aromatic nitrogens is 3. The highest BCUT2D eigenvalue weighted by Gasteiger charge is 2.14. The summed E-state index contributed by atoms with van der Waals surface area (Å²) in [5.41, 5.74) is 1.52. The van der Waals surface area contributed by atoms with Gasteiger partial charge in [0, 0.05) is 30.7 Å². The van der Waals surface area contributed by atoms with E-state index >= 15 is 0 Å². The Bertz CT molecular complexity index is 594. The van der Waals surface area contributed by atoms with Gasteiger partial charge in [0.25, 0.3) is 5.91 Å². The molecule has 2 aromatic heterocycles. The van der Waals surface area contributed by atoms with Gasteiger partial charge in [0.05, 0.1) is 6.04 Å². The molecule has 0 radical (unpaired) electrons. The molecule has 2 aromatic rings. The standard InChI is InChI=1S/C15H21N5O/c1-4-5-12-8-11(9-13(16-3)20-12)15(21)19-10(2)14-17-6-7-18-14/h6-10H,4-5H2,1-3H3,(H,16,20)(H,17,18)(H,19,21). The summed E-state index contributed by atoms with van der Waals surface area (Å²) in [4.78, 5) is 24.0. The van der Waals surface area contributed by atoms with E-state index in [1.807, 2.05) is 13.0 Å². The van der Waals surface area contributed by atoms with Crippen molar-refractivity contribution in [2.45, 2.75) is 32.7 Å². The SMILES string of the molecule is CCCc1cc(C(=O)NC(C)c2ncc[nH]2)cc(NC)n1. The fourth-order valence-electron chi connectivity index (χ4n) is 2.09. The number of carbonyl (C=O) groups is 1. The maximum Gasteiger partial charge on any atom is 0.252 e. The summed E-state index contributed by atoms with van der Waals surface area (Å²) >= 11 is 0. The Hall–Kier alpha value is -2.37. The van der Waals surface area contributed by atoms with Gasteiger partial charge in [0.2, 0.25) is 0 Å². The number of hydrogen-bond donors (Lipinski definition) is 3. The molecule has 112 valence electrons. The number of amides is 1. The molecule has 2 heterocycles. The zero-order valence-electron chi connectivity index (χ0n) is 12.6. The molecule has 21 heavy (non-hydrogen) atoms. The summed E-state index contributed by atoms with van der Waals surface area (Å²) in [6.45, 7) is 3.98. The summed E-state index contributed by atoms with van der Waals surface area (Å²) in [5, 5.41) is 5.92. The minimum atomic E-state index is -0.173. The molecule has 0 aliphatic heterocycles. The first-order chi connectivity index (χ1) is 10.1. The Morgan fingerprint density at radius 3 is 2.86 bits per heavy atom. The molecule has 1 unspecified atom stereocenters. The number of hydrogen-bond acceptors (Lipinski definition) is 4. The first-order valence-electron chi connectivity index (χ1n) is 7.13. The Balaban J connectivity index is 2.16. The first kappa shape index (κ1) is 15.0. The van der Waals surface area contributed by atoms with Crippen LogP contribution in [0.4, 0.5) is 5.82 Å². The highest BCUT2D eigenvalue weighted by atomic mass is 16.1. The monoisotopic (exact) mass is 287 g/mol. The van der Waals surface area contributed by atoms with Crippen molar-refractivity contribution >= 4 is 11.7 Å². The Morgan fingerprint density at radius 1 is 1.43 bits per heavy atom.